The number of hydrogen-bond acceptors (Lipinski definition) is 4. The molecule has 1 aromatic carbocycles. The van der Waals surface area contributed by atoms with E-state index in [2.05, 4.69) is 10.3 Å². The van der Waals surface area contributed by atoms with Gasteiger partial charge in [0.05, 0.1) is 0 Å². The van der Waals surface area contributed by atoms with E-state index < -0.39 is 0 Å². The number of aliphatic hydroxyl groups is 1. The molecular formula is C14H21N3O2. The van der Waals surface area contributed by atoms with Gasteiger partial charge in [-0.25, -0.2) is 5.84 Å². The molecule has 1 aliphatic rings. The van der Waals surface area contributed by atoms with E-state index in [9.17, 15) is 4.79 Å². The molecule has 1 heterocycles. The van der Waals surface area contributed by atoms with Crippen LogP contribution in [0.2, 0.25) is 0 Å². The van der Waals surface area contributed by atoms with Gasteiger partial charge in [-0.1, -0.05) is 12.1 Å². The SMILES string of the molecule is NNC(=O)c1ccc(CN2CCC(CCO)C2)cc1. The van der Waals surface area contributed by atoms with Crippen molar-refractivity contribution < 1.29 is 9.90 Å². The summed E-state index contributed by atoms with van der Waals surface area (Å²) in [5, 5.41) is 8.94. The molecule has 104 valence electrons. The average molecular weight is 263 g/mol. The predicted octanol–water partition coefficient (Wildman–Crippen LogP) is 0.494. The molecule has 1 aliphatic heterocycles. The number of carbonyl (C=O) groups excluding carboxylic acids is 1. The van der Waals surface area contributed by atoms with Crippen LogP contribution in [-0.2, 0) is 6.54 Å². The Hall–Kier alpha value is -1.43. The van der Waals surface area contributed by atoms with Gasteiger partial charge in [0.1, 0.15) is 0 Å². The first kappa shape index (κ1) is 14.0. The van der Waals surface area contributed by atoms with Gasteiger partial charge in [-0.3, -0.25) is 15.1 Å². The third-order valence-electron chi connectivity index (χ3n) is 3.66. The van der Waals surface area contributed by atoms with Crippen molar-refractivity contribution in [1.29, 1.82) is 0 Å². The van der Waals surface area contributed by atoms with E-state index in [-0.39, 0.29) is 12.5 Å². The Morgan fingerprint density at radius 3 is 2.79 bits per heavy atom. The largest absolute Gasteiger partial charge is 0.396 e. The highest BCUT2D eigenvalue weighted by atomic mass is 16.3. The van der Waals surface area contributed by atoms with Crippen LogP contribution in [0, 0.1) is 5.92 Å². The molecule has 5 heteroatoms. The second-order valence-electron chi connectivity index (χ2n) is 5.07. The Morgan fingerprint density at radius 2 is 2.16 bits per heavy atom. The van der Waals surface area contributed by atoms with Crippen molar-refractivity contribution in [3.63, 3.8) is 0 Å². The van der Waals surface area contributed by atoms with Crippen LogP contribution in [0.15, 0.2) is 24.3 Å². The molecule has 0 bridgehead atoms. The number of nitrogen functional groups attached to an aromatic ring is 1. The highest BCUT2D eigenvalue weighted by Gasteiger charge is 2.21. The number of nitrogens with zero attached hydrogens (tertiary/aromatic N) is 1. The van der Waals surface area contributed by atoms with Crippen LogP contribution in [0.25, 0.3) is 0 Å². The summed E-state index contributed by atoms with van der Waals surface area (Å²) in [6.45, 7) is 3.30. The molecule has 0 aromatic heterocycles. The fraction of sp³-hybridized carbons (Fsp3) is 0.500. The van der Waals surface area contributed by atoms with Crippen LogP contribution in [0.3, 0.4) is 0 Å². The van der Waals surface area contributed by atoms with Crippen LogP contribution in [0.4, 0.5) is 0 Å². The number of hydrazine groups is 1. The summed E-state index contributed by atoms with van der Waals surface area (Å²) in [7, 11) is 0. The minimum atomic E-state index is -0.268. The quantitative estimate of drug-likeness (QED) is 0.410. The van der Waals surface area contributed by atoms with Gasteiger partial charge in [0.2, 0.25) is 0 Å². The minimum absolute atomic E-state index is 0.268. The molecule has 0 radical (unpaired) electrons. The number of carbonyl (C=O) groups is 1. The van der Waals surface area contributed by atoms with Crippen LogP contribution >= 0.6 is 0 Å². The lowest BCUT2D eigenvalue weighted by Gasteiger charge is -2.16. The maximum Gasteiger partial charge on any atom is 0.265 e. The Kier molecular flexibility index (Phi) is 4.90. The van der Waals surface area contributed by atoms with E-state index in [1.165, 1.54) is 5.56 Å². The first-order chi connectivity index (χ1) is 9.22. The average Bonchev–Trinajstić information content (AvgIpc) is 2.86. The van der Waals surface area contributed by atoms with E-state index in [0.29, 0.717) is 11.5 Å². The summed E-state index contributed by atoms with van der Waals surface area (Å²) in [4.78, 5) is 13.7. The van der Waals surface area contributed by atoms with E-state index >= 15 is 0 Å². The fourth-order valence-corrected chi connectivity index (χ4v) is 2.58. The first-order valence-electron chi connectivity index (χ1n) is 6.66. The molecule has 1 fully saturated rings. The van der Waals surface area contributed by atoms with Gasteiger partial charge >= 0.3 is 0 Å². The number of hydrogen-bond donors (Lipinski definition) is 3. The lowest BCUT2D eigenvalue weighted by molar-refractivity contribution is 0.0953. The van der Waals surface area contributed by atoms with Crippen molar-refractivity contribution in [1.82, 2.24) is 10.3 Å². The summed E-state index contributed by atoms with van der Waals surface area (Å²) >= 11 is 0. The van der Waals surface area contributed by atoms with Crippen molar-refractivity contribution in [2.75, 3.05) is 19.7 Å². The Balaban J connectivity index is 1.88. The fourth-order valence-electron chi connectivity index (χ4n) is 2.58. The smallest absolute Gasteiger partial charge is 0.265 e. The molecule has 1 aromatic rings. The van der Waals surface area contributed by atoms with Crippen molar-refractivity contribution >= 4 is 5.91 Å². The molecule has 1 amide bonds. The van der Waals surface area contributed by atoms with E-state index in [4.69, 9.17) is 10.9 Å². The zero-order valence-corrected chi connectivity index (χ0v) is 11.0. The number of nitrogens with one attached hydrogen (secondary N) is 1. The Bertz CT molecular complexity index is 419. The summed E-state index contributed by atoms with van der Waals surface area (Å²) in [6.07, 6.45) is 2.06. The zero-order chi connectivity index (χ0) is 13.7. The maximum atomic E-state index is 11.3. The lowest BCUT2D eigenvalue weighted by Crippen LogP contribution is -2.29. The first-order valence-corrected chi connectivity index (χ1v) is 6.66. The number of benzene rings is 1. The molecule has 0 saturated carbocycles. The van der Waals surface area contributed by atoms with Gasteiger partial charge in [-0.2, -0.15) is 0 Å². The van der Waals surface area contributed by atoms with Gasteiger partial charge in [0.25, 0.3) is 5.91 Å². The van der Waals surface area contributed by atoms with E-state index in [0.717, 1.165) is 32.5 Å². The van der Waals surface area contributed by atoms with Gasteiger partial charge in [-0.05, 0) is 43.0 Å². The Morgan fingerprint density at radius 1 is 1.42 bits per heavy atom. The summed E-state index contributed by atoms with van der Waals surface area (Å²) in [6, 6.07) is 7.51. The van der Waals surface area contributed by atoms with Crippen molar-refractivity contribution in [3.8, 4) is 0 Å². The number of rotatable bonds is 5. The maximum absolute atomic E-state index is 11.3. The molecule has 0 spiro atoms. The van der Waals surface area contributed by atoms with Gasteiger partial charge < -0.3 is 5.11 Å². The second kappa shape index (κ2) is 6.65. The highest BCUT2D eigenvalue weighted by molar-refractivity contribution is 5.93. The molecule has 1 atom stereocenters. The normalized spacial score (nSPS) is 19.6. The third-order valence-corrected chi connectivity index (χ3v) is 3.66. The van der Waals surface area contributed by atoms with Crippen LogP contribution in [-0.4, -0.2) is 35.6 Å². The molecule has 0 aliphatic carbocycles. The molecule has 19 heavy (non-hydrogen) atoms. The molecule has 1 unspecified atom stereocenters. The molecule has 1 saturated heterocycles. The number of aliphatic hydroxyl groups excluding tert-OH is 1. The van der Waals surface area contributed by atoms with E-state index in [1.54, 1.807) is 12.1 Å². The lowest BCUT2D eigenvalue weighted by atomic mass is 10.1. The molecule has 5 nitrogen and oxygen atoms in total. The standard InChI is InChI=1S/C14H21N3O2/c15-16-14(19)13-3-1-11(2-4-13)9-17-7-5-12(10-17)6-8-18/h1-4,12,18H,5-10,15H2,(H,16,19). The van der Waals surface area contributed by atoms with Crippen LogP contribution in [0.5, 0.6) is 0 Å². The topological polar surface area (TPSA) is 78.6 Å². The highest BCUT2D eigenvalue weighted by Crippen LogP contribution is 2.21. The Labute approximate surface area is 113 Å². The van der Waals surface area contributed by atoms with Crippen LogP contribution in [0.1, 0.15) is 28.8 Å². The van der Waals surface area contributed by atoms with Crippen molar-refractivity contribution in [2.24, 2.45) is 11.8 Å². The van der Waals surface area contributed by atoms with E-state index in [1.807, 2.05) is 12.1 Å². The minimum Gasteiger partial charge on any atom is -0.396 e. The van der Waals surface area contributed by atoms with Crippen molar-refractivity contribution in [3.05, 3.63) is 35.4 Å². The molecular weight excluding hydrogens is 242 g/mol. The van der Waals surface area contributed by atoms with Gasteiger partial charge in [0, 0.05) is 25.3 Å². The van der Waals surface area contributed by atoms with Gasteiger partial charge in [0.15, 0.2) is 0 Å². The summed E-state index contributed by atoms with van der Waals surface area (Å²) in [5.74, 6) is 5.44. The zero-order valence-electron chi connectivity index (χ0n) is 11.0. The molecule has 4 N–H and O–H groups in total. The van der Waals surface area contributed by atoms with Gasteiger partial charge in [-0.15, -0.1) is 0 Å². The monoisotopic (exact) mass is 263 g/mol. The van der Waals surface area contributed by atoms with Crippen LogP contribution < -0.4 is 11.3 Å². The third kappa shape index (κ3) is 3.76. The second-order valence-corrected chi connectivity index (χ2v) is 5.07. The predicted molar refractivity (Wildman–Crippen MR) is 73.2 cm³/mol. The summed E-state index contributed by atoms with van der Waals surface area (Å²) < 4.78 is 0. The number of nitrogens with two attached hydrogens (primary N) is 1. The number of amides is 1. The van der Waals surface area contributed by atoms with Crippen molar-refractivity contribution in [2.45, 2.75) is 19.4 Å². The summed E-state index contributed by atoms with van der Waals surface area (Å²) in [5.41, 5.74) is 3.89. The molecule has 2 rings (SSSR count). The number of likely N-dealkylation sites (tertiary alicyclic amines) is 1.